The van der Waals surface area contributed by atoms with Crippen LogP contribution in [0.15, 0.2) is 24.3 Å². The summed E-state index contributed by atoms with van der Waals surface area (Å²) in [7, 11) is 0. The summed E-state index contributed by atoms with van der Waals surface area (Å²) in [5.74, 6) is -0.310. The SMILES string of the molecule is Cc1ccccc1OCCC(=O)N1CCCC1C(=O)O. The topological polar surface area (TPSA) is 66.8 Å². The molecule has 1 aromatic rings. The largest absolute Gasteiger partial charge is 0.493 e. The molecule has 1 aliphatic rings. The number of aliphatic carboxylic acids is 1. The third-order valence-corrected chi connectivity index (χ3v) is 3.53. The standard InChI is InChI=1S/C15H19NO4/c1-11-5-2-3-7-13(11)20-10-8-14(17)16-9-4-6-12(16)15(18)19/h2-3,5,7,12H,4,6,8-10H2,1H3,(H,18,19). The van der Waals surface area contributed by atoms with Gasteiger partial charge in [-0.1, -0.05) is 18.2 Å². The van der Waals surface area contributed by atoms with Crippen LogP contribution in [0.4, 0.5) is 0 Å². The molecule has 1 aromatic carbocycles. The lowest BCUT2D eigenvalue weighted by Crippen LogP contribution is -2.40. The number of rotatable bonds is 5. The Labute approximate surface area is 118 Å². The molecule has 20 heavy (non-hydrogen) atoms. The Kier molecular flexibility index (Phi) is 4.61. The predicted molar refractivity (Wildman–Crippen MR) is 73.7 cm³/mol. The summed E-state index contributed by atoms with van der Waals surface area (Å²) in [6.45, 7) is 2.74. The molecule has 1 aliphatic heterocycles. The zero-order valence-electron chi connectivity index (χ0n) is 11.5. The highest BCUT2D eigenvalue weighted by Gasteiger charge is 2.33. The second-order valence-corrected chi connectivity index (χ2v) is 4.95. The van der Waals surface area contributed by atoms with Crippen molar-refractivity contribution in [1.82, 2.24) is 4.90 Å². The van der Waals surface area contributed by atoms with E-state index in [0.29, 0.717) is 13.0 Å². The van der Waals surface area contributed by atoms with E-state index in [9.17, 15) is 9.59 Å². The third-order valence-electron chi connectivity index (χ3n) is 3.53. The molecule has 0 saturated carbocycles. The van der Waals surface area contributed by atoms with Crippen LogP contribution in [-0.4, -0.2) is 41.1 Å². The van der Waals surface area contributed by atoms with E-state index in [1.54, 1.807) is 0 Å². The molecule has 108 valence electrons. The average molecular weight is 277 g/mol. The molecule has 5 nitrogen and oxygen atoms in total. The molecule has 0 bridgehead atoms. The van der Waals surface area contributed by atoms with Gasteiger partial charge >= 0.3 is 5.97 Å². The molecular formula is C15H19NO4. The summed E-state index contributed by atoms with van der Waals surface area (Å²) < 4.78 is 5.57. The summed E-state index contributed by atoms with van der Waals surface area (Å²) in [6, 6.07) is 6.94. The van der Waals surface area contributed by atoms with E-state index in [4.69, 9.17) is 9.84 Å². The van der Waals surface area contributed by atoms with Gasteiger partial charge in [0.15, 0.2) is 0 Å². The van der Waals surface area contributed by atoms with Crippen molar-refractivity contribution >= 4 is 11.9 Å². The number of likely N-dealkylation sites (tertiary alicyclic amines) is 1. The van der Waals surface area contributed by atoms with E-state index >= 15 is 0 Å². The monoisotopic (exact) mass is 277 g/mol. The van der Waals surface area contributed by atoms with Crippen LogP contribution < -0.4 is 4.74 Å². The minimum atomic E-state index is -0.921. The molecule has 1 heterocycles. The van der Waals surface area contributed by atoms with E-state index in [-0.39, 0.29) is 18.9 Å². The normalized spacial score (nSPS) is 18.1. The van der Waals surface area contributed by atoms with Crippen molar-refractivity contribution in [3.8, 4) is 5.75 Å². The number of hydrogen-bond acceptors (Lipinski definition) is 3. The molecule has 1 unspecified atom stereocenters. The Balaban J connectivity index is 1.84. The van der Waals surface area contributed by atoms with E-state index in [1.165, 1.54) is 4.90 Å². The Bertz CT molecular complexity index is 500. The minimum absolute atomic E-state index is 0.150. The van der Waals surface area contributed by atoms with Gasteiger partial charge in [-0.05, 0) is 31.4 Å². The van der Waals surface area contributed by atoms with Crippen molar-refractivity contribution in [2.75, 3.05) is 13.2 Å². The number of amides is 1. The number of benzene rings is 1. The highest BCUT2D eigenvalue weighted by atomic mass is 16.5. The summed E-state index contributed by atoms with van der Waals surface area (Å²) in [6.07, 6.45) is 1.50. The van der Waals surface area contributed by atoms with Crippen LogP contribution >= 0.6 is 0 Å². The zero-order valence-corrected chi connectivity index (χ0v) is 11.5. The fraction of sp³-hybridized carbons (Fsp3) is 0.467. The number of hydrogen-bond donors (Lipinski definition) is 1. The van der Waals surface area contributed by atoms with Crippen molar-refractivity contribution in [3.05, 3.63) is 29.8 Å². The maximum Gasteiger partial charge on any atom is 0.326 e. The van der Waals surface area contributed by atoms with Gasteiger partial charge in [0, 0.05) is 6.54 Å². The number of carboxylic acids is 1. The summed E-state index contributed by atoms with van der Waals surface area (Å²) in [5, 5.41) is 9.05. The van der Waals surface area contributed by atoms with Gasteiger partial charge in [0.05, 0.1) is 13.0 Å². The molecule has 1 atom stereocenters. The van der Waals surface area contributed by atoms with Gasteiger partial charge in [0.25, 0.3) is 0 Å². The van der Waals surface area contributed by atoms with Crippen LogP contribution in [-0.2, 0) is 9.59 Å². The Morgan fingerprint density at radius 1 is 1.40 bits per heavy atom. The molecule has 1 fully saturated rings. The first-order valence-corrected chi connectivity index (χ1v) is 6.80. The molecule has 1 N–H and O–H groups in total. The Hall–Kier alpha value is -2.04. The molecular weight excluding hydrogens is 258 g/mol. The van der Waals surface area contributed by atoms with Gasteiger partial charge in [0.1, 0.15) is 11.8 Å². The van der Waals surface area contributed by atoms with Gasteiger partial charge < -0.3 is 14.7 Å². The number of nitrogens with zero attached hydrogens (tertiary/aromatic N) is 1. The van der Waals surface area contributed by atoms with Gasteiger partial charge in [0.2, 0.25) is 5.91 Å². The van der Waals surface area contributed by atoms with Gasteiger partial charge in [-0.25, -0.2) is 4.79 Å². The molecule has 0 aromatic heterocycles. The number of carbonyl (C=O) groups excluding carboxylic acids is 1. The van der Waals surface area contributed by atoms with Gasteiger partial charge in [-0.3, -0.25) is 4.79 Å². The number of carbonyl (C=O) groups is 2. The number of aryl methyl sites for hydroxylation is 1. The Morgan fingerprint density at radius 3 is 2.85 bits per heavy atom. The molecule has 5 heteroatoms. The van der Waals surface area contributed by atoms with Crippen LogP contribution in [0.5, 0.6) is 5.75 Å². The lowest BCUT2D eigenvalue weighted by Gasteiger charge is -2.21. The molecule has 0 radical (unpaired) electrons. The molecule has 1 amide bonds. The fourth-order valence-electron chi connectivity index (χ4n) is 2.43. The summed E-state index contributed by atoms with van der Waals surface area (Å²) >= 11 is 0. The number of para-hydroxylation sites is 1. The predicted octanol–water partition coefficient (Wildman–Crippen LogP) is 1.84. The van der Waals surface area contributed by atoms with E-state index in [0.717, 1.165) is 17.7 Å². The zero-order chi connectivity index (χ0) is 14.5. The first-order valence-electron chi connectivity index (χ1n) is 6.80. The Morgan fingerprint density at radius 2 is 2.15 bits per heavy atom. The second-order valence-electron chi connectivity index (χ2n) is 4.95. The second kappa shape index (κ2) is 6.41. The lowest BCUT2D eigenvalue weighted by molar-refractivity contribution is -0.148. The summed E-state index contributed by atoms with van der Waals surface area (Å²) in [4.78, 5) is 24.5. The van der Waals surface area contributed by atoms with Crippen LogP contribution in [0.25, 0.3) is 0 Å². The molecule has 2 rings (SSSR count). The third kappa shape index (κ3) is 3.29. The summed E-state index contributed by atoms with van der Waals surface area (Å²) in [5.41, 5.74) is 1.02. The smallest absolute Gasteiger partial charge is 0.326 e. The van der Waals surface area contributed by atoms with Crippen molar-refractivity contribution in [2.45, 2.75) is 32.2 Å². The van der Waals surface area contributed by atoms with Crippen molar-refractivity contribution in [1.29, 1.82) is 0 Å². The lowest BCUT2D eigenvalue weighted by atomic mass is 10.2. The first-order chi connectivity index (χ1) is 9.59. The maximum atomic E-state index is 12.0. The van der Waals surface area contributed by atoms with E-state index < -0.39 is 12.0 Å². The fourth-order valence-corrected chi connectivity index (χ4v) is 2.43. The molecule has 0 spiro atoms. The van der Waals surface area contributed by atoms with Gasteiger partial charge in [-0.15, -0.1) is 0 Å². The van der Waals surface area contributed by atoms with Crippen molar-refractivity contribution < 1.29 is 19.4 Å². The first kappa shape index (κ1) is 14.4. The highest BCUT2D eigenvalue weighted by Crippen LogP contribution is 2.19. The van der Waals surface area contributed by atoms with Crippen LogP contribution in [0.3, 0.4) is 0 Å². The quantitative estimate of drug-likeness (QED) is 0.891. The van der Waals surface area contributed by atoms with Crippen LogP contribution in [0.2, 0.25) is 0 Å². The number of carboxylic acid groups (broad SMARTS) is 1. The highest BCUT2D eigenvalue weighted by molar-refractivity contribution is 5.84. The van der Waals surface area contributed by atoms with E-state index in [2.05, 4.69) is 0 Å². The van der Waals surface area contributed by atoms with Crippen molar-refractivity contribution in [2.24, 2.45) is 0 Å². The van der Waals surface area contributed by atoms with Crippen LogP contribution in [0, 0.1) is 6.92 Å². The number of ether oxygens (including phenoxy) is 1. The van der Waals surface area contributed by atoms with E-state index in [1.807, 2.05) is 31.2 Å². The van der Waals surface area contributed by atoms with Crippen LogP contribution in [0.1, 0.15) is 24.8 Å². The average Bonchev–Trinajstić information content (AvgIpc) is 2.90. The minimum Gasteiger partial charge on any atom is -0.493 e. The van der Waals surface area contributed by atoms with Gasteiger partial charge in [-0.2, -0.15) is 0 Å². The molecule has 1 saturated heterocycles. The molecule has 0 aliphatic carbocycles. The maximum absolute atomic E-state index is 12.0. The van der Waals surface area contributed by atoms with Crippen molar-refractivity contribution in [3.63, 3.8) is 0 Å².